The first-order valence-corrected chi connectivity index (χ1v) is 7.89. The highest BCUT2D eigenvalue weighted by Gasteiger charge is 2.26. The largest absolute Gasteiger partial charge is 0.344 e. The monoisotopic (exact) mass is 343 g/mol. The molecule has 1 N–H and O–H groups in total. The van der Waals surface area contributed by atoms with Crippen molar-refractivity contribution in [1.82, 2.24) is 15.3 Å². The second-order valence-corrected chi connectivity index (χ2v) is 5.74. The molecule has 1 aromatic carbocycles. The van der Waals surface area contributed by atoms with Crippen molar-refractivity contribution >= 4 is 46.2 Å². The summed E-state index contributed by atoms with van der Waals surface area (Å²) in [6.45, 7) is 1.35. The van der Waals surface area contributed by atoms with E-state index >= 15 is 0 Å². The van der Waals surface area contributed by atoms with Gasteiger partial charge in [-0.15, -0.1) is 11.3 Å². The third-order valence-electron chi connectivity index (χ3n) is 3.13. The molecular formula is C15H13N5O3S. The number of benzene rings is 1. The molecule has 2 heterocycles. The summed E-state index contributed by atoms with van der Waals surface area (Å²) >= 11 is 1.28. The molecule has 8 nitrogen and oxygen atoms in total. The van der Waals surface area contributed by atoms with Crippen LogP contribution in [-0.4, -0.2) is 40.6 Å². The van der Waals surface area contributed by atoms with Crippen LogP contribution in [0.2, 0.25) is 0 Å². The molecule has 0 bridgehead atoms. The number of rotatable bonds is 4. The van der Waals surface area contributed by atoms with Gasteiger partial charge in [-0.25, -0.2) is 14.8 Å². The fraction of sp³-hybridized carbons (Fsp3) is 0.133. The van der Waals surface area contributed by atoms with Crippen molar-refractivity contribution in [3.63, 3.8) is 0 Å². The highest BCUT2D eigenvalue weighted by Crippen LogP contribution is 2.28. The number of amides is 4. The zero-order valence-corrected chi connectivity index (χ0v) is 13.5. The summed E-state index contributed by atoms with van der Waals surface area (Å²) in [6.07, 6.45) is 1.38. The van der Waals surface area contributed by atoms with Gasteiger partial charge in [-0.2, -0.15) is 5.10 Å². The topological polar surface area (TPSA) is 95.0 Å². The van der Waals surface area contributed by atoms with Crippen LogP contribution in [0.4, 0.5) is 15.6 Å². The van der Waals surface area contributed by atoms with E-state index in [9.17, 15) is 14.4 Å². The Labute approximate surface area is 141 Å². The van der Waals surface area contributed by atoms with Crippen LogP contribution >= 0.6 is 11.3 Å². The highest BCUT2D eigenvalue weighted by molar-refractivity contribution is 7.14. The number of aromatic nitrogens is 1. The SMILES string of the molecule is CC(=O)N(c1ccccc1)c1nc(/C=N\N2CC(=O)NC2=O)cs1. The Kier molecular flexibility index (Phi) is 4.34. The summed E-state index contributed by atoms with van der Waals surface area (Å²) < 4.78 is 0. The van der Waals surface area contributed by atoms with Gasteiger partial charge in [0.05, 0.1) is 17.6 Å². The summed E-state index contributed by atoms with van der Waals surface area (Å²) in [7, 11) is 0. The Morgan fingerprint density at radius 3 is 2.75 bits per heavy atom. The van der Waals surface area contributed by atoms with Crippen LogP contribution in [-0.2, 0) is 9.59 Å². The fourth-order valence-electron chi connectivity index (χ4n) is 2.10. The third kappa shape index (κ3) is 3.30. The van der Waals surface area contributed by atoms with Crippen molar-refractivity contribution in [3.05, 3.63) is 41.4 Å². The van der Waals surface area contributed by atoms with Crippen LogP contribution in [0.25, 0.3) is 0 Å². The number of hydrogen-bond donors (Lipinski definition) is 1. The van der Waals surface area contributed by atoms with Crippen LogP contribution in [0, 0.1) is 0 Å². The molecule has 0 atom stereocenters. The fourth-order valence-corrected chi connectivity index (χ4v) is 2.93. The van der Waals surface area contributed by atoms with Crippen molar-refractivity contribution in [3.8, 4) is 0 Å². The molecule has 4 amide bonds. The lowest BCUT2D eigenvalue weighted by atomic mass is 10.3. The molecule has 0 radical (unpaired) electrons. The number of imide groups is 1. The normalized spacial score (nSPS) is 14.3. The van der Waals surface area contributed by atoms with Crippen LogP contribution in [0.3, 0.4) is 0 Å². The predicted molar refractivity (Wildman–Crippen MR) is 89.2 cm³/mol. The minimum Gasteiger partial charge on any atom is -0.275 e. The molecule has 9 heteroatoms. The molecule has 1 aromatic heterocycles. The lowest BCUT2D eigenvalue weighted by Crippen LogP contribution is -2.24. The maximum atomic E-state index is 12.0. The van der Waals surface area contributed by atoms with E-state index in [4.69, 9.17) is 0 Å². The smallest absolute Gasteiger partial charge is 0.275 e. The molecule has 1 fully saturated rings. The van der Waals surface area contributed by atoms with E-state index in [1.807, 2.05) is 30.3 Å². The Morgan fingerprint density at radius 1 is 1.38 bits per heavy atom. The van der Waals surface area contributed by atoms with Crippen LogP contribution < -0.4 is 10.2 Å². The molecular weight excluding hydrogens is 330 g/mol. The molecule has 2 aromatic rings. The maximum Gasteiger partial charge on any atom is 0.344 e. The van der Waals surface area contributed by atoms with Gasteiger partial charge >= 0.3 is 6.03 Å². The molecule has 0 saturated carbocycles. The van der Waals surface area contributed by atoms with Gasteiger partial charge < -0.3 is 0 Å². The zero-order valence-electron chi connectivity index (χ0n) is 12.7. The first-order chi connectivity index (χ1) is 11.5. The van der Waals surface area contributed by atoms with Crippen LogP contribution in [0.1, 0.15) is 12.6 Å². The number of carbonyl (C=O) groups excluding carboxylic acids is 3. The number of hydrazone groups is 1. The van der Waals surface area contributed by atoms with Gasteiger partial charge in [0.15, 0.2) is 5.13 Å². The number of anilines is 2. The molecule has 1 saturated heterocycles. The van der Waals surface area contributed by atoms with Crippen molar-refractivity contribution < 1.29 is 14.4 Å². The summed E-state index contributed by atoms with van der Waals surface area (Å²) in [5, 5.41) is 9.29. The van der Waals surface area contributed by atoms with Crippen LogP contribution in [0.15, 0.2) is 40.8 Å². The van der Waals surface area contributed by atoms with Gasteiger partial charge in [-0.05, 0) is 12.1 Å². The molecule has 1 aliphatic heterocycles. The van der Waals surface area contributed by atoms with Crippen molar-refractivity contribution in [2.24, 2.45) is 5.10 Å². The number of urea groups is 1. The minimum atomic E-state index is -0.568. The Hall–Kier alpha value is -3.07. The Morgan fingerprint density at radius 2 is 2.12 bits per heavy atom. The van der Waals surface area contributed by atoms with E-state index in [1.54, 1.807) is 5.38 Å². The predicted octanol–water partition coefficient (Wildman–Crippen LogP) is 1.71. The van der Waals surface area contributed by atoms with Gasteiger partial charge in [0.25, 0.3) is 0 Å². The molecule has 0 unspecified atom stereocenters. The average Bonchev–Trinajstić information content (AvgIpc) is 3.12. The quantitative estimate of drug-likeness (QED) is 0.675. The van der Waals surface area contributed by atoms with Crippen molar-refractivity contribution in [2.75, 3.05) is 11.4 Å². The maximum absolute atomic E-state index is 12.0. The third-order valence-corrected chi connectivity index (χ3v) is 3.98. The number of carbonyl (C=O) groups is 3. The highest BCUT2D eigenvalue weighted by atomic mass is 32.1. The summed E-state index contributed by atoms with van der Waals surface area (Å²) in [5.74, 6) is -0.563. The van der Waals surface area contributed by atoms with E-state index in [-0.39, 0.29) is 12.5 Å². The van der Waals surface area contributed by atoms with Gasteiger partial charge in [0, 0.05) is 12.3 Å². The van der Waals surface area contributed by atoms with Crippen LogP contribution in [0.5, 0.6) is 0 Å². The van der Waals surface area contributed by atoms with Gasteiger partial charge in [-0.3, -0.25) is 19.8 Å². The van der Waals surface area contributed by atoms with E-state index < -0.39 is 11.9 Å². The Bertz CT molecular complexity index is 818. The molecule has 24 heavy (non-hydrogen) atoms. The first-order valence-electron chi connectivity index (χ1n) is 7.01. The minimum absolute atomic E-state index is 0.115. The van der Waals surface area contributed by atoms with E-state index in [2.05, 4.69) is 15.4 Å². The number of nitrogens with zero attached hydrogens (tertiary/aromatic N) is 4. The molecule has 3 rings (SSSR count). The summed E-state index contributed by atoms with van der Waals surface area (Å²) in [6, 6.07) is 8.60. The van der Waals surface area contributed by atoms with Gasteiger partial charge in [-0.1, -0.05) is 18.2 Å². The number of thiazole rings is 1. The van der Waals surface area contributed by atoms with Gasteiger partial charge in [0.1, 0.15) is 6.54 Å². The van der Waals surface area contributed by atoms with Crippen molar-refractivity contribution in [2.45, 2.75) is 6.92 Å². The second-order valence-electron chi connectivity index (χ2n) is 4.90. The average molecular weight is 343 g/mol. The van der Waals surface area contributed by atoms with E-state index in [0.29, 0.717) is 16.5 Å². The summed E-state index contributed by atoms with van der Waals surface area (Å²) in [5.41, 5.74) is 1.21. The zero-order chi connectivity index (χ0) is 17.1. The number of nitrogens with one attached hydrogen (secondary N) is 1. The van der Waals surface area contributed by atoms with Gasteiger partial charge in [0.2, 0.25) is 11.8 Å². The standard InChI is InChI=1S/C15H13N5O3S/c1-10(21)20(12-5-3-2-4-6-12)15-17-11(9-24-15)7-16-19-8-13(22)18-14(19)23/h2-7,9H,8H2,1H3,(H,18,22,23)/b16-7-. The van der Waals surface area contributed by atoms with E-state index in [0.717, 1.165) is 5.01 Å². The lowest BCUT2D eigenvalue weighted by molar-refractivity contribution is -0.118. The Balaban J connectivity index is 1.80. The number of para-hydroxylation sites is 1. The van der Waals surface area contributed by atoms with E-state index in [1.165, 1.54) is 29.4 Å². The number of hydrogen-bond acceptors (Lipinski definition) is 6. The molecule has 0 spiro atoms. The second kappa shape index (κ2) is 6.59. The van der Waals surface area contributed by atoms with Crippen molar-refractivity contribution in [1.29, 1.82) is 0 Å². The molecule has 0 aliphatic carbocycles. The molecule has 122 valence electrons. The summed E-state index contributed by atoms with van der Waals surface area (Å²) in [4.78, 5) is 40.3. The lowest BCUT2D eigenvalue weighted by Gasteiger charge is -2.17. The molecule has 1 aliphatic rings. The first kappa shape index (κ1) is 15.8.